The van der Waals surface area contributed by atoms with Crippen molar-refractivity contribution in [2.75, 3.05) is 31.1 Å². The molecule has 0 aromatic carbocycles. The van der Waals surface area contributed by atoms with Gasteiger partial charge in [0.15, 0.2) is 0 Å². The molecule has 2 aromatic heterocycles. The molecule has 0 radical (unpaired) electrons. The third kappa shape index (κ3) is 3.63. The Balaban J connectivity index is 1.57. The van der Waals surface area contributed by atoms with Crippen molar-refractivity contribution in [1.29, 1.82) is 0 Å². The highest BCUT2D eigenvalue weighted by molar-refractivity contribution is 7.15. The monoisotopic (exact) mass is 346 g/mol. The van der Waals surface area contributed by atoms with Crippen LogP contribution in [0.5, 0.6) is 0 Å². The van der Waals surface area contributed by atoms with E-state index >= 15 is 0 Å². The Morgan fingerprint density at radius 1 is 1.17 bits per heavy atom. The van der Waals surface area contributed by atoms with Gasteiger partial charge in [0, 0.05) is 46.0 Å². The van der Waals surface area contributed by atoms with Crippen molar-refractivity contribution >= 4 is 16.5 Å². The van der Waals surface area contributed by atoms with Crippen LogP contribution in [0.2, 0.25) is 0 Å². The Kier molecular flexibility index (Phi) is 4.28. The van der Waals surface area contributed by atoms with Crippen molar-refractivity contribution in [3.63, 3.8) is 0 Å². The number of imidazole rings is 1. The fourth-order valence-electron chi connectivity index (χ4n) is 2.49. The molecule has 1 saturated heterocycles. The molecule has 0 unspecified atom stereocenters. The number of hydrogen-bond donors (Lipinski definition) is 0. The second kappa shape index (κ2) is 6.08. The van der Waals surface area contributed by atoms with E-state index in [0.717, 1.165) is 31.2 Å². The number of aromatic nitrogens is 4. The average molecular weight is 346 g/mol. The number of halogens is 3. The third-order valence-electron chi connectivity index (χ3n) is 3.84. The zero-order valence-electron chi connectivity index (χ0n) is 12.8. The second-order valence-electron chi connectivity index (χ2n) is 5.54. The zero-order chi connectivity index (χ0) is 16.6. The smallest absolute Gasteiger partial charge is 0.344 e. The van der Waals surface area contributed by atoms with Crippen LogP contribution in [0.25, 0.3) is 0 Å². The molecule has 0 N–H and O–H groups in total. The van der Waals surface area contributed by atoms with E-state index in [1.165, 1.54) is 0 Å². The molecule has 10 heteroatoms. The average Bonchev–Trinajstić information content (AvgIpc) is 3.07. The van der Waals surface area contributed by atoms with Gasteiger partial charge in [-0.15, -0.1) is 10.2 Å². The summed E-state index contributed by atoms with van der Waals surface area (Å²) in [6.45, 7) is 5.50. The van der Waals surface area contributed by atoms with Gasteiger partial charge < -0.3 is 9.47 Å². The first kappa shape index (κ1) is 16.2. The van der Waals surface area contributed by atoms with Crippen molar-refractivity contribution in [3.8, 4) is 0 Å². The van der Waals surface area contributed by atoms with Crippen molar-refractivity contribution in [3.05, 3.63) is 22.7 Å². The Morgan fingerprint density at radius 2 is 1.87 bits per heavy atom. The van der Waals surface area contributed by atoms with Crippen LogP contribution >= 0.6 is 11.3 Å². The van der Waals surface area contributed by atoms with Gasteiger partial charge in [-0.25, -0.2) is 4.98 Å². The Bertz CT molecular complexity index is 652. The lowest BCUT2D eigenvalue weighted by molar-refractivity contribution is -0.138. The van der Waals surface area contributed by atoms with Crippen LogP contribution in [0, 0.1) is 6.92 Å². The number of aryl methyl sites for hydroxylation is 2. The molecule has 0 saturated carbocycles. The maximum atomic E-state index is 12.6. The van der Waals surface area contributed by atoms with E-state index in [2.05, 4.69) is 20.1 Å². The van der Waals surface area contributed by atoms with Crippen LogP contribution in [0.4, 0.5) is 18.3 Å². The molecule has 0 amide bonds. The lowest BCUT2D eigenvalue weighted by atomic mass is 10.3. The molecule has 0 bridgehead atoms. The summed E-state index contributed by atoms with van der Waals surface area (Å²) in [6.07, 6.45) is -2.42. The van der Waals surface area contributed by atoms with Crippen LogP contribution in [0.15, 0.2) is 6.20 Å². The number of piperazine rings is 1. The lowest BCUT2D eigenvalue weighted by Gasteiger charge is -2.33. The van der Waals surface area contributed by atoms with Crippen molar-refractivity contribution < 1.29 is 13.2 Å². The summed E-state index contributed by atoms with van der Waals surface area (Å²) in [6, 6.07) is 0. The zero-order valence-corrected chi connectivity index (χ0v) is 13.7. The molecule has 1 aliphatic heterocycles. The van der Waals surface area contributed by atoms with E-state index in [1.54, 1.807) is 0 Å². The highest BCUT2D eigenvalue weighted by Gasteiger charge is 2.36. The summed E-state index contributed by atoms with van der Waals surface area (Å²) < 4.78 is 39.7. The van der Waals surface area contributed by atoms with E-state index in [9.17, 15) is 13.2 Å². The number of hydrogen-bond acceptors (Lipinski definition) is 6. The van der Waals surface area contributed by atoms with Crippen molar-refractivity contribution in [2.45, 2.75) is 19.6 Å². The van der Waals surface area contributed by atoms with Crippen LogP contribution in [-0.2, 0) is 19.8 Å². The predicted molar refractivity (Wildman–Crippen MR) is 80.3 cm³/mol. The van der Waals surface area contributed by atoms with Crippen LogP contribution in [-0.4, -0.2) is 50.8 Å². The largest absolute Gasteiger partial charge is 0.445 e. The van der Waals surface area contributed by atoms with Crippen LogP contribution < -0.4 is 4.90 Å². The van der Waals surface area contributed by atoms with Gasteiger partial charge in [0.1, 0.15) is 5.82 Å². The third-order valence-corrected chi connectivity index (χ3v) is 4.87. The van der Waals surface area contributed by atoms with Crippen LogP contribution in [0.3, 0.4) is 0 Å². The van der Waals surface area contributed by atoms with Crippen molar-refractivity contribution in [2.24, 2.45) is 7.05 Å². The highest BCUT2D eigenvalue weighted by atomic mass is 32.1. The maximum Gasteiger partial charge on any atom is 0.445 e. The quantitative estimate of drug-likeness (QED) is 0.850. The first-order chi connectivity index (χ1) is 10.8. The second-order valence-corrected chi connectivity index (χ2v) is 6.50. The molecule has 6 nitrogen and oxygen atoms in total. The summed E-state index contributed by atoms with van der Waals surface area (Å²) in [7, 11) is 1.96. The number of alkyl halides is 3. The van der Waals surface area contributed by atoms with E-state index in [4.69, 9.17) is 0 Å². The Morgan fingerprint density at radius 3 is 2.39 bits per heavy atom. The Labute approximate surface area is 135 Å². The maximum absolute atomic E-state index is 12.6. The van der Waals surface area contributed by atoms with Gasteiger partial charge in [0.2, 0.25) is 10.1 Å². The molecule has 0 aliphatic carbocycles. The van der Waals surface area contributed by atoms with Gasteiger partial charge in [-0.3, -0.25) is 4.90 Å². The van der Waals surface area contributed by atoms with E-state index < -0.39 is 11.2 Å². The van der Waals surface area contributed by atoms with Gasteiger partial charge >= 0.3 is 6.18 Å². The van der Waals surface area contributed by atoms with Gasteiger partial charge in [0.25, 0.3) is 0 Å². The van der Waals surface area contributed by atoms with Crippen molar-refractivity contribution in [1.82, 2.24) is 24.6 Å². The first-order valence-corrected chi connectivity index (χ1v) is 8.01. The number of nitrogens with zero attached hydrogens (tertiary/aromatic N) is 6. The fourth-order valence-corrected chi connectivity index (χ4v) is 3.26. The fraction of sp³-hybridized carbons (Fsp3) is 0.615. The number of rotatable bonds is 3. The predicted octanol–water partition coefficient (Wildman–Crippen LogP) is 1.92. The first-order valence-electron chi connectivity index (χ1n) is 7.20. The molecule has 1 aliphatic rings. The summed E-state index contributed by atoms with van der Waals surface area (Å²) >= 11 is 0.601. The normalized spacial score (nSPS) is 17.0. The minimum Gasteiger partial charge on any atom is -0.344 e. The molecule has 3 heterocycles. The van der Waals surface area contributed by atoms with Gasteiger partial charge in [0.05, 0.1) is 5.69 Å². The SMILES string of the molecule is Cc1nc(CN2CCN(c3nnc(C(F)(F)F)s3)CC2)cn1C. The van der Waals surface area contributed by atoms with Gasteiger partial charge in [-0.1, -0.05) is 11.3 Å². The molecule has 23 heavy (non-hydrogen) atoms. The molecule has 3 rings (SSSR count). The molecule has 2 aromatic rings. The number of anilines is 1. The standard InChI is InChI=1S/C13H17F3N6S/c1-9-17-10(7-20(9)2)8-21-3-5-22(6-4-21)12-19-18-11(23-12)13(14,15)16/h7H,3-6,8H2,1-2H3. The van der Waals surface area contributed by atoms with E-state index in [1.807, 2.05) is 29.6 Å². The molecule has 1 fully saturated rings. The molecule has 126 valence electrons. The minimum atomic E-state index is -4.42. The topological polar surface area (TPSA) is 50.1 Å². The molecule has 0 spiro atoms. The lowest BCUT2D eigenvalue weighted by Crippen LogP contribution is -2.46. The van der Waals surface area contributed by atoms with Gasteiger partial charge in [-0.05, 0) is 6.92 Å². The van der Waals surface area contributed by atoms with Crippen LogP contribution in [0.1, 0.15) is 16.5 Å². The van der Waals surface area contributed by atoms with E-state index in [0.29, 0.717) is 29.6 Å². The highest BCUT2D eigenvalue weighted by Crippen LogP contribution is 2.34. The molecule has 0 atom stereocenters. The molecular weight excluding hydrogens is 329 g/mol. The van der Waals surface area contributed by atoms with E-state index in [-0.39, 0.29) is 0 Å². The summed E-state index contributed by atoms with van der Waals surface area (Å²) in [5.41, 5.74) is 1.01. The summed E-state index contributed by atoms with van der Waals surface area (Å²) in [5, 5.41) is 6.36. The Hall–Kier alpha value is -1.68. The minimum absolute atomic E-state index is 0.339. The summed E-state index contributed by atoms with van der Waals surface area (Å²) in [5.74, 6) is 0.965. The summed E-state index contributed by atoms with van der Waals surface area (Å²) in [4.78, 5) is 8.57. The molecular formula is C13H17F3N6S. The van der Waals surface area contributed by atoms with Gasteiger partial charge in [-0.2, -0.15) is 13.2 Å².